The lowest BCUT2D eigenvalue weighted by Crippen LogP contribution is -2.30. The van der Waals surface area contributed by atoms with Crippen molar-refractivity contribution < 1.29 is 14.1 Å². The van der Waals surface area contributed by atoms with Gasteiger partial charge in [0.1, 0.15) is 6.61 Å². The minimum Gasteiger partial charge on any atom is -0.369 e. The first-order valence-electron chi connectivity index (χ1n) is 3.93. The van der Waals surface area contributed by atoms with Crippen LogP contribution in [0.5, 0.6) is 0 Å². The Bertz CT molecular complexity index is 321. The zero-order valence-corrected chi connectivity index (χ0v) is 7.53. The highest BCUT2D eigenvalue weighted by Gasteiger charge is 2.10. The maximum atomic E-state index is 10.9. The topological polar surface area (TPSA) is 90.4 Å². The molecule has 0 aliphatic carbocycles. The smallest absolute Gasteiger partial charge is 0.287 e. The summed E-state index contributed by atoms with van der Waals surface area (Å²) < 4.78 is 9.89. The highest BCUT2D eigenvalue weighted by molar-refractivity contribution is 5.91. The number of carbonyl (C=O) groups excluding carboxylic acids is 1. The summed E-state index contributed by atoms with van der Waals surface area (Å²) in [6.07, 6.45) is 1.61. The van der Waals surface area contributed by atoms with Gasteiger partial charge in [-0.05, 0) is 0 Å². The molecular formula is C8H11N3O3. The first kappa shape index (κ1) is 10.4. The van der Waals surface area contributed by atoms with Crippen molar-refractivity contribution in [3.63, 3.8) is 0 Å². The molecule has 1 rings (SSSR count). The van der Waals surface area contributed by atoms with Gasteiger partial charge in [-0.3, -0.25) is 10.2 Å². The van der Waals surface area contributed by atoms with Crippen molar-refractivity contribution in [2.45, 2.75) is 6.61 Å². The minimum atomic E-state index is -0.497. The Kier molecular flexibility index (Phi) is 3.84. The average Bonchev–Trinajstić information content (AvgIpc) is 2.66. The number of ether oxygens (including phenoxy) is 1. The Morgan fingerprint density at radius 3 is 3.29 bits per heavy atom. The zero-order chi connectivity index (χ0) is 10.4. The van der Waals surface area contributed by atoms with Gasteiger partial charge in [-0.1, -0.05) is 11.2 Å². The van der Waals surface area contributed by atoms with Crippen molar-refractivity contribution >= 4 is 5.91 Å². The molecule has 0 aromatic carbocycles. The molecule has 3 N–H and O–H groups in total. The van der Waals surface area contributed by atoms with E-state index in [1.807, 2.05) is 5.43 Å². The number of nitrogens with zero attached hydrogens (tertiary/aromatic N) is 1. The summed E-state index contributed by atoms with van der Waals surface area (Å²) in [5.41, 5.74) is 2.07. The van der Waals surface area contributed by atoms with Crippen molar-refractivity contribution in [1.82, 2.24) is 10.6 Å². The number of nitrogens with one attached hydrogen (secondary N) is 1. The number of nitrogen functional groups attached to an aromatic ring is 1. The summed E-state index contributed by atoms with van der Waals surface area (Å²) in [6, 6.07) is 1.46. The van der Waals surface area contributed by atoms with Gasteiger partial charge in [0.15, 0.2) is 11.5 Å². The summed E-state index contributed by atoms with van der Waals surface area (Å²) in [7, 11) is 0. The fraction of sp³-hybridized carbons (Fsp3) is 0.250. The monoisotopic (exact) mass is 197 g/mol. The second-order valence-corrected chi connectivity index (χ2v) is 2.46. The van der Waals surface area contributed by atoms with E-state index in [9.17, 15) is 4.79 Å². The van der Waals surface area contributed by atoms with Crippen LogP contribution in [-0.4, -0.2) is 17.7 Å². The van der Waals surface area contributed by atoms with E-state index in [2.05, 4.69) is 11.7 Å². The Morgan fingerprint density at radius 1 is 1.86 bits per heavy atom. The van der Waals surface area contributed by atoms with Crippen LogP contribution in [0.25, 0.3) is 0 Å². The van der Waals surface area contributed by atoms with Gasteiger partial charge in [0.2, 0.25) is 0 Å². The van der Waals surface area contributed by atoms with Crippen LogP contribution >= 0.6 is 0 Å². The summed E-state index contributed by atoms with van der Waals surface area (Å²) in [5, 5.41) is 3.49. The molecule has 0 unspecified atom stereocenters. The van der Waals surface area contributed by atoms with Crippen LogP contribution in [0, 0.1) is 0 Å². The van der Waals surface area contributed by atoms with E-state index in [0.717, 1.165) is 0 Å². The van der Waals surface area contributed by atoms with E-state index in [1.54, 1.807) is 6.08 Å². The molecule has 0 radical (unpaired) electrons. The lowest BCUT2D eigenvalue weighted by molar-refractivity contribution is 0.0943. The molecular weight excluding hydrogens is 186 g/mol. The number of amides is 1. The first-order valence-corrected chi connectivity index (χ1v) is 3.93. The number of carbonyl (C=O) groups is 1. The third-order valence-corrected chi connectivity index (χ3v) is 1.40. The highest BCUT2D eigenvalue weighted by atomic mass is 16.5. The van der Waals surface area contributed by atoms with Gasteiger partial charge < -0.3 is 9.26 Å². The molecule has 0 saturated heterocycles. The van der Waals surface area contributed by atoms with E-state index >= 15 is 0 Å². The van der Waals surface area contributed by atoms with Crippen LogP contribution in [-0.2, 0) is 11.3 Å². The lowest BCUT2D eigenvalue weighted by Gasteiger charge is -1.93. The Labute approximate surface area is 80.7 Å². The standard InChI is InChI=1S/C8H11N3O3/c1-2-3-13-5-6-4-7(11-14-6)8(12)10-9/h2,4H,1,3,5,9H2,(H,10,12). The predicted molar refractivity (Wildman–Crippen MR) is 48.0 cm³/mol. The summed E-state index contributed by atoms with van der Waals surface area (Å²) in [5.74, 6) is 4.88. The average molecular weight is 197 g/mol. The largest absolute Gasteiger partial charge is 0.369 e. The molecule has 1 amide bonds. The van der Waals surface area contributed by atoms with E-state index in [0.29, 0.717) is 12.4 Å². The highest BCUT2D eigenvalue weighted by Crippen LogP contribution is 2.04. The summed E-state index contributed by atoms with van der Waals surface area (Å²) >= 11 is 0. The Morgan fingerprint density at radius 2 is 2.64 bits per heavy atom. The van der Waals surface area contributed by atoms with Crippen molar-refractivity contribution in [2.24, 2.45) is 5.84 Å². The molecule has 1 heterocycles. The quantitative estimate of drug-likeness (QED) is 0.227. The number of aromatic nitrogens is 1. The van der Waals surface area contributed by atoms with E-state index < -0.39 is 5.91 Å². The zero-order valence-electron chi connectivity index (χ0n) is 7.53. The van der Waals surface area contributed by atoms with Gasteiger partial charge in [-0.15, -0.1) is 6.58 Å². The fourth-order valence-corrected chi connectivity index (χ4v) is 0.805. The minimum absolute atomic E-state index is 0.129. The van der Waals surface area contributed by atoms with Crippen LogP contribution in [0.2, 0.25) is 0 Å². The maximum absolute atomic E-state index is 10.9. The normalized spacial score (nSPS) is 9.79. The number of rotatable bonds is 5. The Hall–Kier alpha value is -1.66. The summed E-state index contributed by atoms with van der Waals surface area (Å²) in [6.45, 7) is 4.15. The first-order chi connectivity index (χ1) is 6.77. The van der Waals surface area contributed by atoms with E-state index in [1.165, 1.54) is 6.07 Å². The molecule has 1 aromatic heterocycles. The number of hydrogen-bond donors (Lipinski definition) is 2. The fourth-order valence-electron chi connectivity index (χ4n) is 0.805. The van der Waals surface area contributed by atoms with E-state index in [-0.39, 0.29) is 12.3 Å². The number of nitrogens with two attached hydrogens (primary N) is 1. The number of hydrazine groups is 1. The molecule has 1 aromatic rings. The van der Waals surface area contributed by atoms with Crippen LogP contribution < -0.4 is 11.3 Å². The molecule has 6 nitrogen and oxygen atoms in total. The molecule has 6 heteroatoms. The third kappa shape index (κ3) is 2.68. The molecule has 0 bridgehead atoms. The van der Waals surface area contributed by atoms with Crippen LogP contribution in [0.15, 0.2) is 23.2 Å². The molecule has 0 aliphatic rings. The van der Waals surface area contributed by atoms with Gasteiger partial charge >= 0.3 is 0 Å². The van der Waals surface area contributed by atoms with Crippen molar-refractivity contribution in [1.29, 1.82) is 0 Å². The van der Waals surface area contributed by atoms with Gasteiger partial charge in [-0.25, -0.2) is 5.84 Å². The molecule has 0 spiro atoms. The SMILES string of the molecule is C=CCOCc1cc(C(=O)NN)no1. The van der Waals surface area contributed by atoms with Gasteiger partial charge in [0.25, 0.3) is 5.91 Å². The van der Waals surface area contributed by atoms with Gasteiger partial charge in [0.05, 0.1) is 6.61 Å². The number of hydrogen-bond acceptors (Lipinski definition) is 5. The van der Waals surface area contributed by atoms with Crippen molar-refractivity contribution in [3.05, 3.63) is 30.2 Å². The van der Waals surface area contributed by atoms with Gasteiger partial charge in [0, 0.05) is 6.07 Å². The predicted octanol–water partition coefficient (Wildman–Crippen LogP) is -0.0193. The second-order valence-electron chi connectivity index (χ2n) is 2.46. The maximum Gasteiger partial charge on any atom is 0.287 e. The molecule has 76 valence electrons. The van der Waals surface area contributed by atoms with Crippen molar-refractivity contribution in [3.8, 4) is 0 Å². The third-order valence-electron chi connectivity index (χ3n) is 1.40. The molecule has 0 saturated carbocycles. The van der Waals surface area contributed by atoms with Crippen LogP contribution in [0.4, 0.5) is 0 Å². The van der Waals surface area contributed by atoms with Crippen molar-refractivity contribution in [2.75, 3.05) is 6.61 Å². The summed E-state index contributed by atoms with van der Waals surface area (Å²) in [4.78, 5) is 10.9. The molecule has 0 aliphatic heterocycles. The Balaban J connectivity index is 2.50. The lowest BCUT2D eigenvalue weighted by atomic mass is 10.3. The second kappa shape index (κ2) is 5.15. The van der Waals surface area contributed by atoms with E-state index in [4.69, 9.17) is 15.1 Å². The molecule has 14 heavy (non-hydrogen) atoms. The molecule has 0 fully saturated rings. The van der Waals surface area contributed by atoms with Crippen LogP contribution in [0.3, 0.4) is 0 Å². The van der Waals surface area contributed by atoms with Gasteiger partial charge in [-0.2, -0.15) is 0 Å². The molecule has 0 atom stereocenters. The van der Waals surface area contributed by atoms with Crippen LogP contribution in [0.1, 0.15) is 16.2 Å².